The fourth-order valence-corrected chi connectivity index (χ4v) is 2.17. The van der Waals surface area contributed by atoms with Crippen LogP contribution in [0.15, 0.2) is 66.7 Å². The molecule has 0 aromatic heterocycles. The van der Waals surface area contributed by atoms with E-state index in [9.17, 15) is 9.59 Å². The second-order valence-corrected chi connectivity index (χ2v) is 5.28. The van der Waals surface area contributed by atoms with Crippen molar-refractivity contribution in [1.82, 2.24) is 0 Å². The fourth-order valence-electron chi connectivity index (χ4n) is 2.17. The molecule has 0 aliphatic carbocycles. The first kappa shape index (κ1) is 30.3. The van der Waals surface area contributed by atoms with Gasteiger partial charge in [0.05, 0.1) is 0 Å². The van der Waals surface area contributed by atoms with Crippen LogP contribution >= 0.6 is 0 Å². The average Bonchev–Trinajstić information content (AvgIpc) is 2.65. The first-order chi connectivity index (χ1) is 12.1. The fraction of sp³-hybridized carbons (Fsp3) is 0.0476. The van der Waals surface area contributed by atoms with Gasteiger partial charge in [-0.3, -0.25) is 0 Å². The Morgan fingerprint density at radius 1 is 0.724 bits per heavy atom. The molecule has 0 atom stereocenters. The molecule has 0 unspecified atom stereocenters. The maximum absolute atomic E-state index is 12.1. The Morgan fingerprint density at radius 2 is 1.17 bits per heavy atom. The molecule has 3 aromatic carbocycles. The first-order valence-electron chi connectivity index (χ1n) is 7.61. The third-order valence-corrected chi connectivity index (χ3v) is 3.47. The minimum absolute atomic E-state index is 0. The van der Waals surface area contributed by atoms with E-state index in [1.807, 2.05) is 0 Å². The Bertz CT molecular complexity index is 907. The van der Waals surface area contributed by atoms with E-state index in [1.54, 1.807) is 73.7 Å². The molecule has 3 aromatic rings. The van der Waals surface area contributed by atoms with Gasteiger partial charge in [-0.15, -0.1) is 0 Å². The molecule has 0 saturated heterocycles. The van der Waals surface area contributed by atoms with Gasteiger partial charge in [-0.05, 0) is 41.8 Å². The summed E-state index contributed by atoms with van der Waals surface area (Å²) in [6.45, 7) is 1.77. The molecular weight excluding hydrogens is 786 g/mol. The van der Waals surface area contributed by atoms with Gasteiger partial charge in [-0.25, -0.2) is 9.59 Å². The Kier molecular flexibility index (Phi) is 15.7. The van der Waals surface area contributed by atoms with Crippen LogP contribution in [0.2, 0.25) is 0 Å². The zero-order valence-corrected chi connectivity index (χ0v) is 23.9. The predicted octanol–water partition coefficient (Wildman–Crippen LogP) is 4.02. The van der Waals surface area contributed by atoms with Crippen LogP contribution in [0.3, 0.4) is 0 Å². The van der Waals surface area contributed by atoms with Gasteiger partial charge in [0.15, 0.2) is 0 Å². The number of hydrogen-bond donors (Lipinski definition) is 0. The van der Waals surface area contributed by atoms with Gasteiger partial charge in [-0.2, -0.15) is 60.7 Å². The van der Waals surface area contributed by atoms with Gasteiger partial charge in [0, 0.05) is 79.2 Å². The van der Waals surface area contributed by atoms with Crippen LogP contribution in [-0.4, -0.2) is 11.9 Å². The molecule has 0 aliphatic rings. The molecule has 0 amide bonds. The van der Waals surface area contributed by atoms with Crippen molar-refractivity contribution in [2.75, 3.05) is 0 Å². The Morgan fingerprint density at radius 3 is 1.62 bits per heavy atom. The standard InChI is InChI=1S/C21H14O4.2V.2W/c1-15-14-18(24-20(22)16-8-4-2-5-9-16)12-13-19(15)25-21(23)17-10-6-3-7-11-17;;;;/h4-14H,1H3;;;;/q-2;;;;. The summed E-state index contributed by atoms with van der Waals surface area (Å²) >= 11 is 0. The second kappa shape index (κ2) is 15.0. The molecular formula is C21H14O4V2W2-2. The summed E-state index contributed by atoms with van der Waals surface area (Å²) < 4.78 is 10.7. The van der Waals surface area contributed by atoms with Crippen molar-refractivity contribution in [2.24, 2.45) is 0 Å². The third kappa shape index (κ3) is 8.81. The zero-order chi connectivity index (χ0) is 17.6. The smallest absolute Gasteiger partial charge is 0.318 e. The van der Waals surface area contributed by atoms with E-state index in [4.69, 9.17) is 9.47 Å². The van der Waals surface area contributed by atoms with Crippen LogP contribution in [0.1, 0.15) is 26.3 Å². The second-order valence-electron chi connectivity index (χ2n) is 5.28. The molecule has 0 bridgehead atoms. The van der Waals surface area contributed by atoms with E-state index in [1.165, 1.54) is 0 Å². The molecule has 8 heteroatoms. The minimum atomic E-state index is -0.460. The van der Waals surface area contributed by atoms with Crippen molar-refractivity contribution in [3.05, 3.63) is 95.6 Å². The molecule has 29 heavy (non-hydrogen) atoms. The van der Waals surface area contributed by atoms with Crippen LogP contribution in [0.5, 0.6) is 11.5 Å². The maximum atomic E-state index is 12.1. The van der Waals surface area contributed by atoms with Crippen molar-refractivity contribution >= 4 is 11.9 Å². The zero-order valence-electron chi connectivity index (χ0n) is 15.2. The minimum Gasteiger partial charge on any atom is -0.424 e. The molecule has 2 radical (unpaired) electrons. The van der Waals surface area contributed by atoms with E-state index in [-0.39, 0.29) is 79.2 Å². The van der Waals surface area contributed by atoms with Crippen molar-refractivity contribution in [1.29, 1.82) is 0 Å². The molecule has 0 N–H and O–H groups in total. The Balaban J connectivity index is 0. The van der Waals surface area contributed by atoms with Gasteiger partial charge in [-0.1, -0.05) is 0 Å². The number of benzene rings is 3. The molecule has 0 aliphatic heterocycles. The number of carbonyl (C=O) groups excluding carboxylic acids is 2. The van der Waals surface area contributed by atoms with Crippen LogP contribution in [0, 0.1) is 19.1 Å². The third-order valence-electron chi connectivity index (χ3n) is 3.47. The number of rotatable bonds is 4. The molecule has 0 fully saturated rings. The van der Waals surface area contributed by atoms with Crippen molar-refractivity contribution < 1.29 is 98.3 Å². The number of hydrogen-bond acceptors (Lipinski definition) is 4. The van der Waals surface area contributed by atoms with Gasteiger partial charge < -0.3 is 9.47 Å². The van der Waals surface area contributed by atoms with Crippen LogP contribution in [0.4, 0.5) is 0 Å². The van der Waals surface area contributed by atoms with E-state index in [0.717, 1.165) is 0 Å². The van der Waals surface area contributed by atoms with Gasteiger partial charge >= 0.3 is 11.9 Å². The van der Waals surface area contributed by atoms with E-state index >= 15 is 0 Å². The van der Waals surface area contributed by atoms with Gasteiger partial charge in [0.2, 0.25) is 0 Å². The number of aryl methyl sites for hydroxylation is 1. The molecule has 0 heterocycles. The maximum Gasteiger partial charge on any atom is 0.318 e. The van der Waals surface area contributed by atoms with E-state index in [0.29, 0.717) is 28.2 Å². The number of esters is 2. The summed E-state index contributed by atoms with van der Waals surface area (Å²) in [5, 5.41) is 0. The first-order valence-corrected chi connectivity index (χ1v) is 7.61. The predicted molar refractivity (Wildman–Crippen MR) is 91.7 cm³/mol. The Labute approximate surface area is 222 Å². The molecule has 4 nitrogen and oxygen atoms in total. The molecule has 146 valence electrons. The summed E-state index contributed by atoms with van der Waals surface area (Å²) in [7, 11) is 0. The van der Waals surface area contributed by atoms with Crippen LogP contribution in [-0.2, 0) is 79.2 Å². The molecule has 0 saturated carbocycles. The van der Waals surface area contributed by atoms with Crippen LogP contribution < -0.4 is 9.47 Å². The topological polar surface area (TPSA) is 52.6 Å². The number of carbonyl (C=O) groups is 2. The Hall–Kier alpha value is -0.855. The van der Waals surface area contributed by atoms with E-state index < -0.39 is 11.9 Å². The normalized spacial score (nSPS) is 8.72. The summed E-state index contributed by atoms with van der Waals surface area (Å²) in [6.07, 6.45) is 0. The van der Waals surface area contributed by atoms with Gasteiger partial charge in [0.1, 0.15) is 11.5 Å². The average molecular weight is 800 g/mol. The monoisotopic (exact) mass is 800 g/mol. The van der Waals surface area contributed by atoms with E-state index in [2.05, 4.69) is 12.1 Å². The largest absolute Gasteiger partial charge is 0.424 e. The summed E-state index contributed by atoms with van der Waals surface area (Å²) in [5.41, 5.74) is 1.56. The molecule has 3 rings (SSSR count). The number of ether oxygens (including phenoxy) is 2. The van der Waals surface area contributed by atoms with Crippen molar-refractivity contribution in [3.8, 4) is 11.5 Å². The summed E-state index contributed by atoms with van der Waals surface area (Å²) in [5.74, 6) is -0.127. The van der Waals surface area contributed by atoms with Crippen LogP contribution in [0.25, 0.3) is 0 Å². The van der Waals surface area contributed by atoms with Gasteiger partial charge in [0.25, 0.3) is 0 Å². The quantitative estimate of drug-likeness (QED) is 0.228. The van der Waals surface area contributed by atoms with Crippen molar-refractivity contribution in [2.45, 2.75) is 6.92 Å². The molecule has 0 spiro atoms. The SMILES string of the molecule is Cc1cc(OC(=O)c2cc[c-]cc2)ccc1OC(=O)c1cc[c-]cc1.[V].[V].[W].[W]. The summed E-state index contributed by atoms with van der Waals surface area (Å²) in [4.78, 5) is 24.1. The van der Waals surface area contributed by atoms with Crippen molar-refractivity contribution in [3.63, 3.8) is 0 Å². The summed E-state index contributed by atoms with van der Waals surface area (Å²) in [6, 6.07) is 23.6.